The zero-order chi connectivity index (χ0) is 22.6. The fourth-order valence-corrected chi connectivity index (χ4v) is 4.37. The molecule has 0 fully saturated rings. The van der Waals surface area contributed by atoms with Crippen LogP contribution in [-0.2, 0) is 23.5 Å². The highest BCUT2D eigenvalue weighted by molar-refractivity contribution is 7.89. The second kappa shape index (κ2) is 9.58. The lowest BCUT2D eigenvalue weighted by Gasteiger charge is -2.13. The molecule has 3 rings (SSSR count). The summed E-state index contributed by atoms with van der Waals surface area (Å²) >= 11 is 0. The third-order valence-corrected chi connectivity index (χ3v) is 6.19. The summed E-state index contributed by atoms with van der Waals surface area (Å²) in [4.78, 5) is 20.3. The molecule has 1 aromatic carbocycles. The third-order valence-electron chi connectivity index (χ3n) is 4.73. The molecule has 0 atom stereocenters. The lowest BCUT2D eigenvalue weighted by atomic mass is 10.1. The zero-order valence-corrected chi connectivity index (χ0v) is 19.0. The van der Waals surface area contributed by atoms with Gasteiger partial charge in [-0.25, -0.2) is 18.1 Å². The topological polar surface area (TPSA) is 131 Å². The van der Waals surface area contributed by atoms with Crippen LogP contribution in [0, 0.1) is 0 Å². The Bertz CT molecular complexity index is 1230. The number of fused-ring (bicyclic) bond motifs is 1. The number of hydrogen-bond acceptors (Lipinski definition) is 7. The molecule has 0 aliphatic rings. The van der Waals surface area contributed by atoms with Crippen LogP contribution < -0.4 is 20.3 Å². The number of ether oxygens (including phenoxy) is 1. The molecule has 11 heteroatoms. The van der Waals surface area contributed by atoms with Crippen molar-refractivity contribution in [3.63, 3.8) is 0 Å². The first-order valence-electron chi connectivity index (χ1n) is 10.2. The summed E-state index contributed by atoms with van der Waals surface area (Å²) in [5.74, 6) is 0.665. The summed E-state index contributed by atoms with van der Waals surface area (Å²) in [6, 6.07) is 4.51. The zero-order valence-electron chi connectivity index (χ0n) is 18.2. The largest absolute Gasteiger partial charge is 0.493 e. The number of nitrogens with one attached hydrogen (secondary N) is 3. The van der Waals surface area contributed by atoms with Gasteiger partial charge >= 0.3 is 0 Å². The van der Waals surface area contributed by atoms with Gasteiger partial charge in [-0.2, -0.15) is 5.10 Å². The highest BCUT2D eigenvalue weighted by Gasteiger charge is 2.20. The molecule has 10 nitrogen and oxygen atoms in total. The first-order chi connectivity index (χ1) is 14.8. The standard InChI is InChI=1S/C20H28N6O4S/c1-5-7-15-17-18(26(4)25-15)20(27)24-19(23-17)14-12-13(8-9-16(14)30-6-2)31(28,29)22-11-10-21-3/h8-9,12,21-22H,5-7,10-11H2,1-4H3,(H,23,24,27). The Morgan fingerprint density at radius 1 is 1.23 bits per heavy atom. The van der Waals surface area contributed by atoms with Gasteiger partial charge in [-0.05, 0) is 38.6 Å². The third kappa shape index (κ3) is 4.78. The van der Waals surface area contributed by atoms with Gasteiger partial charge < -0.3 is 15.0 Å². The Kier molecular flexibility index (Phi) is 7.08. The molecule has 2 aromatic heterocycles. The minimum atomic E-state index is -3.74. The highest BCUT2D eigenvalue weighted by atomic mass is 32.2. The van der Waals surface area contributed by atoms with Crippen molar-refractivity contribution in [3.05, 3.63) is 34.2 Å². The Balaban J connectivity index is 2.17. The maximum absolute atomic E-state index is 12.8. The minimum Gasteiger partial charge on any atom is -0.493 e. The van der Waals surface area contributed by atoms with Gasteiger partial charge in [0.15, 0.2) is 5.52 Å². The summed E-state index contributed by atoms with van der Waals surface area (Å²) in [5, 5.41) is 7.31. The molecule has 0 spiro atoms. The number of nitrogens with zero attached hydrogens (tertiary/aromatic N) is 3. The summed E-state index contributed by atoms with van der Waals surface area (Å²) in [5.41, 5.74) is 1.65. The van der Waals surface area contributed by atoms with Gasteiger partial charge in [0, 0.05) is 20.1 Å². The maximum Gasteiger partial charge on any atom is 0.277 e. The van der Waals surface area contributed by atoms with Crippen LogP contribution >= 0.6 is 0 Å². The molecular formula is C20H28N6O4S. The summed E-state index contributed by atoms with van der Waals surface area (Å²) in [6.07, 6.45) is 1.53. The van der Waals surface area contributed by atoms with Crippen LogP contribution in [0.4, 0.5) is 0 Å². The van der Waals surface area contributed by atoms with Gasteiger partial charge in [-0.3, -0.25) is 9.48 Å². The van der Waals surface area contributed by atoms with Gasteiger partial charge in [-0.1, -0.05) is 13.3 Å². The van der Waals surface area contributed by atoms with Crippen LogP contribution in [0.1, 0.15) is 26.0 Å². The van der Waals surface area contributed by atoms with Gasteiger partial charge in [0.25, 0.3) is 5.56 Å². The second-order valence-corrected chi connectivity index (χ2v) is 8.79. The first-order valence-corrected chi connectivity index (χ1v) is 11.7. The second-order valence-electron chi connectivity index (χ2n) is 7.02. The first kappa shape index (κ1) is 22.9. The lowest BCUT2D eigenvalue weighted by Crippen LogP contribution is -2.30. The van der Waals surface area contributed by atoms with Gasteiger partial charge in [-0.15, -0.1) is 0 Å². The van der Waals surface area contributed by atoms with Crippen molar-refractivity contribution in [1.82, 2.24) is 29.8 Å². The smallest absolute Gasteiger partial charge is 0.277 e. The molecule has 0 unspecified atom stereocenters. The van der Waals surface area contributed by atoms with E-state index in [2.05, 4.69) is 25.1 Å². The van der Waals surface area contributed by atoms with Gasteiger partial charge in [0.2, 0.25) is 10.0 Å². The molecule has 3 aromatic rings. The summed E-state index contributed by atoms with van der Waals surface area (Å²) in [7, 11) is -0.297. The van der Waals surface area contributed by atoms with E-state index >= 15 is 0 Å². The van der Waals surface area contributed by atoms with Crippen LogP contribution in [0.5, 0.6) is 5.75 Å². The predicted octanol–water partition coefficient (Wildman–Crippen LogP) is 1.17. The van der Waals surface area contributed by atoms with Crippen LogP contribution in [0.3, 0.4) is 0 Å². The maximum atomic E-state index is 12.8. The van der Waals surface area contributed by atoms with Crippen molar-refractivity contribution in [3.8, 4) is 17.1 Å². The fourth-order valence-electron chi connectivity index (χ4n) is 3.32. The number of benzene rings is 1. The average molecular weight is 449 g/mol. The molecule has 0 bridgehead atoms. The van der Waals surface area contributed by atoms with Crippen LogP contribution in [0.15, 0.2) is 27.9 Å². The molecule has 3 N–H and O–H groups in total. The van der Waals surface area contributed by atoms with E-state index in [0.717, 1.165) is 12.1 Å². The van der Waals surface area contributed by atoms with Crippen molar-refractivity contribution >= 4 is 21.1 Å². The van der Waals surface area contributed by atoms with Crippen LogP contribution in [-0.4, -0.2) is 54.9 Å². The monoisotopic (exact) mass is 448 g/mol. The predicted molar refractivity (Wildman–Crippen MR) is 119 cm³/mol. The highest BCUT2D eigenvalue weighted by Crippen LogP contribution is 2.31. The number of sulfonamides is 1. The van der Waals surface area contributed by atoms with E-state index in [4.69, 9.17) is 4.74 Å². The van der Waals surface area contributed by atoms with Crippen LogP contribution in [0.25, 0.3) is 22.4 Å². The Morgan fingerprint density at radius 3 is 2.68 bits per heavy atom. The van der Waals surface area contributed by atoms with Crippen molar-refractivity contribution in [2.45, 2.75) is 31.6 Å². The molecule has 0 radical (unpaired) electrons. The molecule has 0 amide bonds. The number of aromatic amines is 1. The molecule has 0 saturated carbocycles. The van der Waals surface area contributed by atoms with E-state index in [1.54, 1.807) is 20.2 Å². The van der Waals surface area contributed by atoms with E-state index in [9.17, 15) is 13.2 Å². The number of likely N-dealkylation sites (N-methyl/N-ethyl adjacent to an activating group) is 1. The molecular weight excluding hydrogens is 420 g/mol. The average Bonchev–Trinajstić information content (AvgIpc) is 3.04. The number of rotatable bonds is 10. The Morgan fingerprint density at radius 2 is 2.00 bits per heavy atom. The van der Waals surface area contributed by atoms with Crippen molar-refractivity contribution in [2.75, 3.05) is 26.7 Å². The molecule has 0 aliphatic heterocycles. The van der Waals surface area contributed by atoms with Crippen molar-refractivity contribution < 1.29 is 13.2 Å². The Hall–Kier alpha value is -2.76. The quantitative estimate of drug-likeness (QED) is 0.397. The van der Waals surface area contributed by atoms with Gasteiger partial charge in [0.05, 0.1) is 22.8 Å². The number of aryl methyl sites for hydroxylation is 2. The van der Waals surface area contributed by atoms with E-state index < -0.39 is 10.0 Å². The lowest BCUT2D eigenvalue weighted by molar-refractivity contribution is 0.341. The fraction of sp³-hybridized carbons (Fsp3) is 0.450. The number of aromatic nitrogens is 4. The normalized spacial score (nSPS) is 11.9. The summed E-state index contributed by atoms with van der Waals surface area (Å²) in [6.45, 7) is 4.97. The van der Waals surface area contributed by atoms with E-state index in [1.165, 1.54) is 16.8 Å². The molecule has 31 heavy (non-hydrogen) atoms. The van der Waals surface area contributed by atoms with Gasteiger partial charge in [0.1, 0.15) is 17.1 Å². The minimum absolute atomic E-state index is 0.0600. The molecule has 0 saturated heterocycles. The summed E-state index contributed by atoms with van der Waals surface area (Å²) < 4.78 is 35.1. The van der Waals surface area contributed by atoms with E-state index in [1.807, 2.05) is 13.8 Å². The molecule has 2 heterocycles. The van der Waals surface area contributed by atoms with E-state index in [-0.39, 0.29) is 22.8 Å². The number of hydrogen-bond donors (Lipinski definition) is 3. The SMILES string of the molecule is CCCc1nn(C)c2c(=O)[nH]c(-c3cc(S(=O)(=O)NCCNC)ccc3OCC)nc12. The number of H-pyrrole nitrogens is 1. The van der Waals surface area contributed by atoms with Crippen molar-refractivity contribution in [2.24, 2.45) is 7.05 Å². The molecule has 168 valence electrons. The molecule has 0 aliphatic carbocycles. The van der Waals surface area contributed by atoms with Crippen LogP contribution in [0.2, 0.25) is 0 Å². The van der Waals surface area contributed by atoms with Crippen molar-refractivity contribution in [1.29, 1.82) is 0 Å². The van der Waals surface area contributed by atoms with E-state index in [0.29, 0.717) is 41.9 Å². The Labute approximate surface area is 181 Å².